The van der Waals surface area contributed by atoms with Crippen molar-refractivity contribution in [2.24, 2.45) is 11.7 Å². The summed E-state index contributed by atoms with van der Waals surface area (Å²) in [5.74, 6) is -0.249. The quantitative estimate of drug-likeness (QED) is 0.709. The van der Waals surface area contributed by atoms with Gasteiger partial charge in [0.2, 0.25) is 5.91 Å². The highest BCUT2D eigenvalue weighted by atomic mass is 16.5. The van der Waals surface area contributed by atoms with Crippen LogP contribution in [0.1, 0.15) is 39.5 Å². The highest BCUT2D eigenvalue weighted by molar-refractivity contribution is 5.90. The first-order chi connectivity index (χ1) is 7.89. The average Bonchev–Trinajstić information content (AvgIpc) is 2.27. The summed E-state index contributed by atoms with van der Waals surface area (Å²) >= 11 is 0. The number of carbonyl (C=O) groups is 2. The number of hydrogen-bond donors (Lipinski definition) is 2. The monoisotopic (exact) mass is 242 g/mol. The Hall–Kier alpha value is -1.10. The maximum absolute atomic E-state index is 12.1. The zero-order chi connectivity index (χ0) is 13.1. The van der Waals surface area contributed by atoms with Gasteiger partial charge in [-0.25, -0.2) is 4.79 Å². The molecule has 1 aliphatic carbocycles. The average molecular weight is 242 g/mol. The highest BCUT2D eigenvalue weighted by Gasteiger charge is 2.38. The Bertz CT molecular complexity index is 306. The van der Waals surface area contributed by atoms with Crippen molar-refractivity contribution in [3.8, 4) is 0 Å². The van der Waals surface area contributed by atoms with Crippen LogP contribution in [0.4, 0.5) is 0 Å². The summed E-state index contributed by atoms with van der Waals surface area (Å²) in [6.45, 7) is 3.69. The Balaban J connectivity index is 2.59. The molecule has 1 saturated carbocycles. The molecule has 1 aliphatic rings. The Morgan fingerprint density at radius 2 is 2.18 bits per heavy atom. The number of nitrogens with one attached hydrogen (secondary N) is 1. The van der Waals surface area contributed by atoms with Gasteiger partial charge in [0.1, 0.15) is 6.04 Å². The lowest BCUT2D eigenvalue weighted by Crippen LogP contribution is -2.58. The first-order valence-corrected chi connectivity index (χ1v) is 6.06. The minimum absolute atomic E-state index is 0.248. The van der Waals surface area contributed by atoms with Gasteiger partial charge in [0.05, 0.1) is 12.6 Å². The van der Waals surface area contributed by atoms with Crippen molar-refractivity contribution in [3.05, 3.63) is 0 Å². The van der Waals surface area contributed by atoms with Crippen LogP contribution >= 0.6 is 0 Å². The summed E-state index contributed by atoms with van der Waals surface area (Å²) in [5, 5.41) is 2.62. The lowest BCUT2D eigenvalue weighted by atomic mass is 9.76. The minimum atomic E-state index is -0.833. The molecule has 3 N–H and O–H groups in total. The summed E-state index contributed by atoms with van der Waals surface area (Å²) in [6, 6.07) is -0.648. The van der Waals surface area contributed by atoms with E-state index in [-0.39, 0.29) is 5.91 Å². The molecule has 0 aliphatic heterocycles. The lowest BCUT2D eigenvalue weighted by molar-refractivity contribution is -0.145. The van der Waals surface area contributed by atoms with Gasteiger partial charge < -0.3 is 15.8 Å². The van der Waals surface area contributed by atoms with E-state index >= 15 is 0 Å². The van der Waals surface area contributed by atoms with Crippen LogP contribution in [0.25, 0.3) is 0 Å². The second-order valence-electron chi connectivity index (χ2n) is 5.08. The number of rotatable bonds is 3. The number of ether oxygens (including phenoxy) is 1. The minimum Gasteiger partial charge on any atom is -0.467 e. The molecule has 0 saturated heterocycles. The first-order valence-electron chi connectivity index (χ1n) is 6.06. The van der Waals surface area contributed by atoms with Crippen molar-refractivity contribution >= 4 is 11.9 Å². The summed E-state index contributed by atoms with van der Waals surface area (Å²) in [4.78, 5) is 23.3. The van der Waals surface area contributed by atoms with Gasteiger partial charge >= 0.3 is 5.97 Å². The smallest absolute Gasteiger partial charge is 0.328 e. The molecular formula is C12H22N2O3. The number of hydrogen-bond acceptors (Lipinski definition) is 4. The molecule has 17 heavy (non-hydrogen) atoms. The third-order valence-electron chi connectivity index (χ3n) is 3.39. The fourth-order valence-electron chi connectivity index (χ4n) is 2.37. The molecule has 2 unspecified atom stereocenters. The molecule has 3 atom stereocenters. The van der Waals surface area contributed by atoms with Crippen LogP contribution < -0.4 is 11.1 Å². The van der Waals surface area contributed by atoms with Crippen molar-refractivity contribution in [2.45, 2.75) is 51.1 Å². The fourth-order valence-corrected chi connectivity index (χ4v) is 2.37. The first kappa shape index (κ1) is 14.0. The second-order valence-corrected chi connectivity index (χ2v) is 5.08. The SMILES string of the molecule is COC(=O)[C@H](C)NC(=O)C1(N)CCCC(C)C1. The van der Waals surface area contributed by atoms with E-state index in [9.17, 15) is 9.59 Å². The van der Waals surface area contributed by atoms with Gasteiger partial charge in [0.25, 0.3) is 0 Å². The van der Waals surface area contributed by atoms with Gasteiger partial charge in [-0.1, -0.05) is 19.8 Å². The predicted octanol–water partition coefficient (Wildman–Crippen LogP) is 0.572. The largest absolute Gasteiger partial charge is 0.467 e. The van der Waals surface area contributed by atoms with E-state index in [0.717, 1.165) is 12.8 Å². The number of amides is 1. The van der Waals surface area contributed by atoms with Gasteiger partial charge in [-0.05, 0) is 25.7 Å². The fraction of sp³-hybridized carbons (Fsp3) is 0.833. The van der Waals surface area contributed by atoms with E-state index in [2.05, 4.69) is 17.0 Å². The molecule has 0 aromatic heterocycles. The Labute approximate surface area is 102 Å². The molecule has 0 radical (unpaired) electrons. The standard InChI is InChI=1S/C12H22N2O3/c1-8-5-4-6-12(13,7-8)11(16)14-9(2)10(15)17-3/h8-9H,4-7,13H2,1-3H3,(H,14,16)/t8?,9-,12?/m0/s1. The maximum atomic E-state index is 12.1. The van der Waals surface area contributed by atoms with E-state index in [1.807, 2.05) is 0 Å². The molecule has 0 spiro atoms. The summed E-state index contributed by atoms with van der Waals surface area (Å²) in [7, 11) is 1.30. The molecule has 0 heterocycles. The van der Waals surface area contributed by atoms with Crippen molar-refractivity contribution in [2.75, 3.05) is 7.11 Å². The molecule has 0 aromatic rings. The van der Waals surface area contributed by atoms with Gasteiger partial charge in [-0.15, -0.1) is 0 Å². The maximum Gasteiger partial charge on any atom is 0.328 e. The van der Waals surface area contributed by atoms with E-state index in [4.69, 9.17) is 5.73 Å². The van der Waals surface area contributed by atoms with Crippen LogP contribution in [-0.2, 0) is 14.3 Å². The molecule has 0 bridgehead atoms. The predicted molar refractivity (Wildman–Crippen MR) is 64.2 cm³/mol. The van der Waals surface area contributed by atoms with Crippen molar-refractivity contribution in [1.29, 1.82) is 0 Å². The zero-order valence-corrected chi connectivity index (χ0v) is 10.8. The van der Waals surface area contributed by atoms with Gasteiger partial charge in [-0.2, -0.15) is 0 Å². The Morgan fingerprint density at radius 3 is 2.71 bits per heavy atom. The van der Waals surface area contributed by atoms with E-state index in [1.54, 1.807) is 6.92 Å². The Morgan fingerprint density at radius 1 is 1.53 bits per heavy atom. The van der Waals surface area contributed by atoms with Crippen LogP contribution in [0.15, 0.2) is 0 Å². The van der Waals surface area contributed by atoms with Crippen LogP contribution in [0, 0.1) is 5.92 Å². The molecule has 5 nitrogen and oxygen atoms in total. The second kappa shape index (κ2) is 5.49. The molecule has 1 fully saturated rings. The lowest BCUT2D eigenvalue weighted by Gasteiger charge is -2.35. The molecule has 0 aromatic carbocycles. The third-order valence-corrected chi connectivity index (χ3v) is 3.39. The van der Waals surface area contributed by atoms with Crippen molar-refractivity contribution in [3.63, 3.8) is 0 Å². The molecular weight excluding hydrogens is 220 g/mol. The number of carbonyl (C=O) groups excluding carboxylic acids is 2. The van der Waals surface area contributed by atoms with Crippen LogP contribution in [0.5, 0.6) is 0 Å². The summed E-state index contributed by atoms with van der Waals surface area (Å²) < 4.78 is 4.56. The number of nitrogens with two attached hydrogens (primary N) is 1. The zero-order valence-electron chi connectivity index (χ0n) is 10.8. The van der Waals surface area contributed by atoms with Crippen LogP contribution in [0.2, 0.25) is 0 Å². The summed E-state index contributed by atoms with van der Waals surface area (Å²) in [5.41, 5.74) is 5.29. The number of esters is 1. The van der Waals surface area contributed by atoms with Crippen LogP contribution in [0.3, 0.4) is 0 Å². The topological polar surface area (TPSA) is 81.4 Å². The third kappa shape index (κ3) is 3.43. The van der Waals surface area contributed by atoms with E-state index in [1.165, 1.54) is 7.11 Å². The number of methoxy groups -OCH3 is 1. The Kier molecular flexibility index (Phi) is 4.51. The van der Waals surface area contributed by atoms with E-state index < -0.39 is 17.6 Å². The summed E-state index contributed by atoms with van der Waals surface area (Å²) in [6.07, 6.45) is 3.42. The van der Waals surface area contributed by atoms with Crippen molar-refractivity contribution < 1.29 is 14.3 Å². The van der Waals surface area contributed by atoms with Gasteiger partial charge in [0.15, 0.2) is 0 Å². The molecule has 1 rings (SSSR count). The molecule has 1 amide bonds. The van der Waals surface area contributed by atoms with Crippen molar-refractivity contribution in [1.82, 2.24) is 5.32 Å². The van der Waals surface area contributed by atoms with Crippen LogP contribution in [-0.4, -0.2) is 30.6 Å². The van der Waals surface area contributed by atoms with Gasteiger partial charge in [-0.3, -0.25) is 4.79 Å². The van der Waals surface area contributed by atoms with Gasteiger partial charge in [0, 0.05) is 0 Å². The highest BCUT2D eigenvalue weighted by Crippen LogP contribution is 2.30. The normalized spacial score (nSPS) is 30.5. The molecule has 98 valence electrons. The molecule has 5 heteroatoms. The van der Waals surface area contributed by atoms with E-state index in [0.29, 0.717) is 18.8 Å².